The fourth-order valence-electron chi connectivity index (χ4n) is 5.14. The summed E-state index contributed by atoms with van der Waals surface area (Å²) in [5.74, 6) is 0. The van der Waals surface area contributed by atoms with Crippen LogP contribution in [0.4, 0.5) is 0 Å². The van der Waals surface area contributed by atoms with Gasteiger partial charge in [-0.1, -0.05) is 6.92 Å². The number of fused-ring (bicyclic) bond motifs is 8. The van der Waals surface area contributed by atoms with Gasteiger partial charge in [0.05, 0.1) is 11.2 Å². The van der Waals surface area contributed by atoms with Gasteiger partial charge in [0.2, 0.25) is 11.2 Å². The standard InChI is InChI=1S/C22H12N4O3S2/c1-7-5-11-19(30-7)23-17-9-3-4-10-14-13(9)15(21(27)25(11)17)29-16(14)22(28)26-12-6-8(2)31-20(12)24-18(10)26/h3-5,8H,6H2,1-2H3. The van der Waals surface area contributed by atoms with Gasteiger partial charge in [-0.2, -0.15) is 0 Å². The Morgan fingerprint density at radius 3 is 2.45 bits per heavy atom. The van der Waals surface area contributed by atoms with Crippen molar-refractivity contribution in [2.45, 2.75) is 30.5 Å². The summed E-state index contributed by atoms with van der Waals surface area (Å²) in [5, 5.41) is 4.28. The molecule has 1 aliphatic rings. The molecule has 1 atom stereocenters. The van der Waals surface area contributed by atoms with Crippen LogP contribution in [0.3, 0.4) is 0 Å². The van der Waals surface area contributed by atoms with E-state index in [0.29, 0.717) is 27.3 Å². The molecule has 0 bridgehead atoms. The Balaban J connectivity index is 1.67. The molecule has 7 aromatic rings. The maximum Gasteiger partial charge on any atom is 0.300 e. The number of thioether (sulfide) groups is 1. The molecule has 0 saturated carbocycles. The van der Waals surface area contributed by atoms with Crippen LogP contribution in [-0.2, 0) is 6.42 Å². The second-order valence-corrected chi connectivity index (χ2v) is 10.9. The lowest BCUT2D eigenvalue weighted by molar-refractivity contribution is 0.654. The third-order valence-corrected chi connectivity index (χ3v) is 8.40. The summed E-state index contributed by atoms with van der Waals surface area (Å²) < 4.78 is 9.34. The van der Waals surface area contributed by atoms with E-state index in [1.54, 1.807) is 31.9 Å². The van der Waals surface area contributed by atoms with Gasteiger partial charge in [-0.15, -0.1) is 23.1 Å². The molecule has 7 nitrogen and oxygen atoms in total. The predicted octanol–water partition coefficient (Wildman–Crippen LogP) is 4.19. The number of nitrogens with zero attached hydrogens (tertiary/aromatic N) is 4. The van der Waals surface area contributed by atoms with Crippen LogP contribution in [-0.4, -0.2) is 24.0 Å². The Bertz CT molecular complexity index is 2030. The topological polar surface area (TPSA) is 81.9 Å². The lowest BCUT2D eigenvalue weighted by Gasteiger charge is -2.05. The molecule has 7 heterocycles. The zero-order chi connectivity index (χ0) is 20.8. The van der Waals surface area contributed by atoms with Gasteiger partial charge in [0.15, 0.2) is 0 Å². The smallest absolute Gasteiger partial charge is 0.300 e. The average Bonchev–Trinajstić information content (AvgIpc) is 3.49. The molecule has 9 heteroatoms. The first-order valence-electron chi connectivity index (χ1n) is 9.98. The molecule has 1 aromatic carbocycles. The van der Waals surface area contributed by atoms with Crippen molar-refractivity contribution in [3.05, 3.63) is 49.5 Å². The number of furan rings is 1. The molecule has 0 amide bonds. The first-order chi connectivity index (χ1) is 15.0. The molecular weight excluding hydrogens is 432 g/mol. The Hall–Kier alpha value is -3.17. The van der Waals surface area contributed by atoms with Crippen molar-refractivity contribution in [3.8, 4) is 0 Å². The minimum Gasteiger partial charge on any atom is -0.444 e. The fraction of sp³-hybridized carbons (Fsp3) is 0.182. The molecule has 0 aliphatic carbocycles. The number of benzene rings is 1. The van der Waals surface area contributed by atoms with Gasteiger partial charge in [-0.3, -0.25) is 18.4 Å². The summed E-state index contributed by atoms with van der Waals surface area (Å²) in [7, 11) is 0. The maximum absolute atomic E-state index is 13.5. The van der Waals surface area contributed by atoms with Crippen molar-refractivity contribution < 1.29 is 4.42 Å². The molecule has 0 N–H and O–H groups in total. The van der Waals surface area contributed by atoms with Crippen molar-refractivity contribution in [1.82, 2.24) is 18.8 Å². The van der Waals surface area contributed by atoms with E-state index in [1.165, 1.54) is 0 Å². The van der Waals surface area contributed by atoms with Gasteiger partial charge in [0.25, 0.3) is 5.56 Å². The lowest BCUT2D eigenvalue weighted by Crippen LogP contribution is -2.15. The molecule has 0 saturated heterocycles. The molecule has 8 rings (SSSR count). The lowest BCUT2D eigenvalue weighted by atomic mass is 10.0. The summed E-state index contributed by atoms with van der Waals surface area (Å²) in [5.41, 5.74) is 2.85. The largest absolute Gasteiger partial charge is 0.444 e. The summed E-state index contributed by atoms with van der Waals surface area (Å²) in [6, 6.07) is 5.91. The summed E-state index contributed by atoms with van der Waals surface area (Å²) in [6.07, 6.45) is 0.784. The van der Waals surface area contributed by atoms with Crippen LogP contribution < -0.4 is 11.1 Å². The van der Waals surface area contributed by atoms with Crippen LogP contribution in [0.25, 0.3) is 54.4 Å². The third-order valence-electron chi connectivity index (χ3n) is 6.35. The van der Waals surface area contributed by atoms with E-state index < -0.39 is 0 Å². The number of hydrogen-bond donors (Lipinski definition) is 0. The summed E-state index contributed by atoms with van der Waals surface area (Å²) in [4.78, 5) is 38.5. The molecule has 0 radical (unpaired) electrons. The Kier molecular flexibility index (Phi) is 2.66. The quantitative estimate of drug-likeness (QED) is 0.326. The predicted molar refractivity (Wildman–Crippen MR) is 123 cm³/mol. The zero-order valence-corrected chi connectivity index (χ0v) is 18.0. The normalized spacial score (nSPS) is 17.0. The van der Waals surface area contributed by atoms with E-state index >= 15 is 0 Å². The Morgan fingerprint density at radius 2 is 1.71 bits per heavy atom. The van der Waals surface area contributed by atoms with Crippen molar-refractivity contribution >= 4 is 77.5 Å². The van der Waals surface area contributed by atoms with E-state index in [4.69, 9.17) is 14.4 Å². The highest BCUT2D eigenvalue weighted by molar-refractivity contribution is 8.00. The van der Waals surface area contributed by atoms with Gasteiger partial charge in [-0.05, 0) is 25.1 Å². The van der Waals surface area contributed by atoms with E-state index in [1.807, 2.05) is 25.1 Å². The monoisotopic (exact) mass is 444 g/mol. The van der Waals surface area contributed by atoms with Crippen LogP contribution in [0, 0.1) is 6.92 Å². The minimum atomic E-state index is -0.280. The van der Waals surface area contributed by atoms with Crippen molar-refractivity contribution in [2.24, 2.45) is 0 Å². The molecule has 31 heavy (non-hydrogen) atoms. The number of aromatic nitrogens is 4. The number of aryl methyl sites for hydroxylation is 1. The molecule has 1 unspecified atom stereocenters. The molecular formula is C22H12N4O3S2. The van der Waals surface area contributed by atoms with Gasteiger partial charge in [0, 0.05) is 38.1 Å². The number of imidazole rings is 2. The van der Waals surface area contributed by atoms with E-state index in [-0.39, 0.29) is 22.3 Å². The van der Waals surface area contributed by atoms with Gasteiger partial charge in [-0.25, -0.2) is 9.97 Å². The van der Waals surface area contributed by atoms with Crippen molar-refractivity contribution in [2.75, 3.05) is 0 Å². The van der Waals surface area contributed by atoms with Crippen LogP contribution in [0.1, 0.15) is 17.5 Å². The van der Waals surface area contributed by atoms with E-state index in [2.05, 4.69) is 6.92 Å². The summed E-state index contributed by atoms with van der Waals surface area (Å²) >= 11 is 3.25. The van der Waals surface area contributed by atoms with Gasteiger partial charge >= 0.3 is 5.56 Å². The van der Waals surface area contributed by atoms with Crippen LogP contribution in [0.2, 0.25) is 0 Å². The molecule has 0 fully saturated rings. The average molecular weight is 444 g/mol. The molecule has 0 spiro atoms. The highest BCUT2D eigenvalue weighted by Crippen LogP contribution is 2.41. The van der Waals surface area contributed by atoms with Crippen molar-refractivity contribution in [3.63, 3.8) is 0 Å². The first kappa shape index (κ1) is 16.5. The van der Waals surface area contributed by atoms with Crippen molar-refractivity contribution in [1.29, 1.82) is 0 Å². The second-order valence-electron chi connectivity index (χ2n) is 8.25. The highest BCUT2D eigenvalue weighted by atomic mass is 32.2. The van der Waals surface area contributed by atoms with E-state index in [9.17, 15) is 9.59 Å². The summed E-state index contributed by atoms with van der Waals surface area (Å²) in [6.45, 7) is 4.13. The molecule has 1 aliphatic heterocycles. The van der Waals surface area contributed by atoms with E-state index in [0.717, 1.165) is 43.1 Å². The Morgan fingerprint density at radius 1 is 1.03 bits per heavy atom. The SMILES string of the molecule is Cc1cc2c(nc3c4ccc5c6c(oc(c(=O)n23)c46)c(=O)n2c3c(nc52)SC(C)C3)s1. The maximum atomic E-state index is 13.5. The minimum absolute atomic E-state index is 0.205. The number of hydrogen-bond acceptors (Lipinski definition) is 7. The van der Waals surface area contributed by atoms with Crippen LogP contribution in [0.5, 0.6) is 0 Å². The fourth-order valence-corrected chi connectivity index (χ4v) is 7.08. The highest BCUT2D eigenvalue weighted by Gasteiger charge is 2.30. The van der Waals surface area contributed by atoms with Gasteiger partial charge in [0.1, 0.15) is 21.2 Å². The number of thiophene rings is 1. The molecule has 6 aromatic heterocycles. The zero-order valence-electron chi connectivity index (χ0n) is 16.3. The van der Waals surface area contributed by atoms with Crippen LogP contribution >= 0.6 is 23.1 Å². The van der Waals surface area contributed by atoms with Gasteiger partial charge < -0.3 is 4.42 Å². The molecule has 150 valence electrons. The Labute approximate surface area is 180 Å². The second kappa shape index (κ2) is 5.00. The number of pyridine rings is 2. The first-order valence-corrected chi connectivity index (χ1v) is 11.7. The van der Waals surface area contributed by atoms with Crippen LogP contribution in [0.15, 0.2) is 37.2 Å². The third kappa shape index (κ3) is 1.73. The number of rotatable bonds is 0.